The second-order valence-electron chi connectivity index (χ2n) is 7.01. The van der Waals surface area contributed by atoms with Gasteiger partial charge in [0.2, 0.25) is 5.91 Å². The van der Waals surface area contributed by atoms with Crippen LogP contribution < -0.4 is 5.32 Å². The summed E-state index contributed by atoms with van der Waals surface area (Å²) in [6.45, 7) is 8.96. The Labute approximate surface area is 164 Å². The number of ketones is 1. The first kappa shape index (κ1) is 21.6. The average Bonchev–Trinajstić information content (AvgIpc) is 2.70. The number of hydrogen-bond donors (Lipinski definition) is 1. The molecule has 1 aliphatic heterocycles. The van der Waals surface area contributed by atoms with Crippen LogP contribution in [0.2, 0.25) is 0 Å². The largest absolute Gasteiger partial charge is 0.445 e. The lowest BCUT2D eigenvalue weighted by atomic mass is 10.00. The molecule has 1 aliphatic rings. The van der Waals surface area contributed by atoms with Gasteiger partial charge < -0.3 is 15.0 Å². The van der Waals surface area contributed by atoms with Crippen molar-refractivity contribution in [2.45, 2.75) is 19.4 Å². The van der Waals surface area contributed by atoms with Gasteiger partial charge in [-0.3, -0.25) is 14.5 Å². The number of hydrogen-bond acceptors (Lipinski definition) is 5. The molecule has 0 aliphatic carbocycles. The first-order chi connectivity index (χ1) is 13.3. The zero-order valence-electron chi connectivity index (χ0n) is 16.2. The number of nitrogens with one attached hydrogen (secondary N) is 1. The Balaban J connectivity index is 1.85. The maximum absolute atomic E-state index is 12.9. The van der Waals surface area contributed by atoms with Gasteiger partial charge >= 0.3 is 6.09 Å². The molecule has 1 heterocycles. The lowest BCUT2D eigenvalue weighted by Gasteiger charge is -2.42. The van der Waals surface area contributed by atoms with Crippen LogP contribution in [0, 0.1) is 5.82 Å². The molecule has 1 aromatic rings. The highest BCUT2D eigenvalue weighted by molar-refractivity contribution is 6.00. The van der Waals surface area contributed by atoms with Crippen molar-refractivity contribution in [1.82, 2.24) is 15.1 Å². The Kier molecular flexibility index (Phi) is 7.28. The molecule has 2 rings (SSSR count). The van der Waals surface area contributed by atoms with Crippen molar-refractivity contribution in [2.24, 2.45) is 0 Å². The molecule has 8 heteroatoms. The third-order valence-corrected chi connectivity index (χ3v) is 4.78. The summed E-state index contributed by atoms with van der Waals surface area (Å²) in [5.74, 6) is -1.00. The quantitative estimate of drug-likeness (QED) is 0.567. The van der Waals surface area contributed by atoms with Crippen LogP contribution in [-0.2, 0) is 9.53 Å². The van der Waals surface area contributed by atoms with E-state index >= 15 is 0 Å². The van der Waals surface area contributed by atoms with Crippen molar-refractivity contribution in [3.05, 3.63) is 48.3 Å². The number of Topliss-reactive ketones (excluding diaryl/α,β-unsaturated/α-hetero) is 1. The second kappa shape index (κ2) is 9.45. The molecule has 152 valence electrons. The average molecular weight is 391 g/mol. The van der Waals surface area contributed by atoms with Crippen molar-refractivity contribution in [1.29, 1.82) is 0 Å². The number of benzene rings is 1. The molecule has 0 bridgehead atoms. The molecular weight excluding hydrogens is 365 g/mol. The van der Waals surface area contributed by atoms with Crippen molar-refractivity contribution in [2.75, 3.05) is 39.3 Å². The molecule has 1 aromatic carbocycles. The van der Waals surface area contributed by atoms with Gasteiger partial charge in [-0.15, -0.1) is 0 Å². The van der Waals surface area contributed by atoms with E-state index in [-0.39, 0.29) is 24.8 Å². The molecule has 0 atom stereocenters. The third kappa shape index (κ3) is 5.39. The molecule has 0 spiro atoms. The van der Waals surface area contributed by atoms with Crippen LogP contribution in [0.1, 0.15) is 24.2 Å². The van der Waals surface area contributed by atoms with E-state index in [2.05, 4.69) is 11.9 Å². The first-order valence-electron chi connectivity index (χ1n) is 9.10. The van der Waals surface area contributed by atoms with E-state index in [9.17, 15) is 18.8 Å². The molecular formula is C20H26FN3O4. The summed E-state index contributed by atoms with van der Waals surface area (Å²) < 4.78 is 18.0. The number of piperazine rings is 1. The fourth-order valence-electron chi connectivity index (χ4n) is 2.93. The Morgan fingerprint density at radius 2 is 1.79 bits per heavy atom. The molecule has 0 unspecified atom stereocenters. The number of carbonyl (C=O) groups is 3. The molecule has 7 nitrogen and oxygen atoms in total. The van der Waals surface area contributed by atoms with E-state index < -0.39 is 17.4 Å². The van der Waals surface area contributed by atoms with Crippen LogP contribution in [-0.4, -0.2) is 72.5 Å². The van der Waals surface area contributed by atoms with Crippen LogP contribution in [0.5, 0.6) is 0 Å². The molecule has 1 saturated heterocycles. The lowest BCUT2D eigenvalue weighted by Crippen LogP contribution is -2.61. The van der Waals surface area contributed by atoms with Gasteiger partial charge in [0.1, 0.15) is 12.4 Å². The third-order valence-electron chi connectivity index (χ3n) is 4.78. The van der Waals surface area contributed by atoms with Crippen LogP contribution in [0.25, 0.3) is 0 Å². The Bertz CT molecular complexity index is 725. The predicted octanol–water partition coefficient (Wildman–Crippen LogP) is 1.84. The minimum atomic E-state index is -0.847. The van der Waals surface area contributed by atoms with Gasteiger partial charge in [-0.1, -0.05) is 12.7 Å². The normalized spacial score (nSPS) is 15.0. The van der Waals surface area contributed by atoms with E-state index in [1.165, 1.54) is 30.3 Å². The van der Waals surface area contributed by atoms with E-state index in [4.69, 9.17) is 4.74 Å². The summed E-state index contributed by atoms with van der Waals surface area (Å²) in [6, 6.07) is 5.19. The van der Waals surface area contributed by atoms with Crippen LogP contribution >= 0.6 is 0 Å². The van der Waals surface area contributed by atoms with Gasteiger partial charge in [-0.2, -0.15) is 0 Å². The fraction of sp³-hybridized carbons (Fsp3) is 0.450. The summed E-state index contributed by atoms with van der Waals surface area (Å²) in [5.41, 5.74) is -0.508. The molecule has 0 saturated carbocycles. The molecule has 1 fully saturated rings. The fourth-order valence-corrected chi connectivity index (χ4v) is 2.93. The van der Waals surface area contributed by atoms with Crippen molar-refractivity contribution >= 4 is 17.8 Å². The highest BCUT2D eigenvalue weighted by Gasteiger charge is 2.37. The Morgan fingerprint density at radius 1 is 1.18 bits per heavy atom. The van der Waals surface area contributed by atoms with Gasteiger partial charge in [-0.25, -0.2) is 9.18 Å². The summed E-state index contributed by atoms with van der Waals surface area (Å²) >= 11 is 0. The summed E-state index contributed by atoms with van der Waals surface area (Å²) in [7, 11) is 0. The number of ether oxygens (including phenoxy) is 1. The summed E-state index contributed by atoms with van der Waals surface area (Å²) in [4.78, 5) is 40.2. The zero-order chi connectivity index (χ0) is 20.7. The van der Waals surface area contributed by atoms with Gasteiger partial charge in [0.05, 0.1) is 12.1 Å². The van der Waals surface area contributed by atoms with Gasteiger partial charge in [0, 0.05) is 31.7 Å². The number of carbonyl (C=O) groups excluding carboxylic acids is 3. The minimum Gasteiger partial charge on any atom is -0.445 e. The highest BCUT2D eigenvalue weighted by atomic mass is 19.1. The monoisotopic (exact) mass is 391 g/mol. The minimum absolute atomic E-state index is 0.162. The number of rotatable bonds is 7. The van der Waals surface area contributed by atoms with Crippen molar-refractivity contribution < 1.29 is 23.5 Å². The number of nitrogens with zero attached hydrogens (tertiary/aromatic N) is 2. The van der Waals surface area contributed by atoms with Crippen molar-refractivity contribution in [3.63, 3.8) is 0 Å². The zero-order valence-corrected chi connectivity index (χ0v) is 16.2. The highest BCUT2D eigenvalue weighted by Crippen LogP contribution is 2.18. The van der Waals surface area contributed by atoms with E-state index in [0.717, 1.165) is 0 Å². The Morgan fingerprint density at radius 3 is 2.36 bits per heavy atom. The van der Waals surface area contributed by atoms with Gasteiger partial charge in [-0.05, 0) is 38.1 Å². The van der Waals surface area contributed by atoms with Crippen LogP contribution in [0.4, 0.5) is 9.18 Å². The maximum atomic E-state index is 12.9. The number of amides is 2. The van der Waals surface area contributed by atoms with Crippen LogP contribution in [0.15, 0.2) is 36.9 Å². The first-order valence-corrected chi connectivity index (χ1v) is 9.10. The second-order valence-corrected chi connectivity index (χ2v) is 7.01. The molecule has 28 heavy (non-hydrogen) atoms. The smallest absolute Gasteiger partial charge is 0.410 e. The summed E-state index contributed by atoms with van der Waals surface area (Å²) in [6.07, 6.45) is 1.11. The SMILES string of the molecule is C=CCOC(=O)N1CCN(C(C)(C)C(=O)NCC(=O)c2ccc(F)cc2)CC1. The summed E-state index contributed by atoms with van der Waals surface area (Å²) in [5, 5.41) is 2.65. The van der Waals surface area contributed by atoms with Crippen LogP contribution in [0.3, 0.4) is 0 Å². The standard InChI is InChI=1S/C20H26FN3O4/c1-4-13-28-19(27)23-9-11-24(12-10-23)20(2,3)18(26)22-14-17(25)15-5-7-16(21)8-6-15/h4-8H,1,9-14H2,2-3H3,(H,22,26). The van der Waals surface area contributed by atoms with E-state index in [0.29, 0.717) is 31.7 Å². The predicted molar refractivity (Wildman–Crippen MR) is 103 cm³/mol. The van der Waals surface area contributed by atoms with Crippen molar-refractivity contribution in [3.8, 4) is 0 Å². The number of halogens is 1. The molecule has 2 amide bonds. The topological polar surface area (TPSA) is 79.0 Å². The van der Waals surface area contributed by atoms with E-state index in [1.807, 2.05) is 4.90 Å². The maximum Gasteiger partial charge on any atom is 0.410 e. The van der Waals surface area contributed by atoms with Gasteiger partial charge in [0.15, 0.2) is 5.78 Å². The molecule has 0 aromatic heterocycles. The molecule has 0 radical (unpaired) electrons. The van der Waals surface area contributed by atoms with E-state index in [1.54, 1.807) is 18.7 Å². The lowest BCUT2D eigenvalue weighted by molar-refractivity contribution is -0.132. The Hall–Kier alpha value is -2.74. The molecule has 1 N–H and O–H groups in total. The van der Waals surface area contributed by atoms with Gasteiger partial charge in [0.25, 0.3) is 0 Å².